The summed E-state index contributed by atoms with van der Waals surface area (Å²) in [6.45, 7) is 7.83. The van der Waals surface area contributed by atoms with Gasteiger partial charge in [-0.2, -0.15) is 11.8 Å². The molecule has 0 saturated heterocycles. The minimum atomic E-state index is 0.528. The lowest BCUT2D eigenvalue weighted by Gasteiger charge is -2.32. The van der Waals surface area contributed by atoms with Gasteiger partial charge in [-0.3, -0.25) is 4.99 Å². The van der Waals surface area contributed by atoms with Crippen LogP contribution in [0.1, 0.15) is 25.0 Å². The predicted octanol–water partition coefficient (Wildman–Crippen LogP) is 2.78. The van der Waals surface area contributed by atoms with E-state index < -0.39 is 0 Å². The fraction of sp³-hybridized carbons (Fsp3) is 0.611. The van der Waals surface area contributed by atoms with Crippen molar-refractivity contribution in [1.82, 2.24) is 10.2 Å². The molecule has 1 unspecified atom stereocenters. The van der Waals surface area contributed by atoms with Crippen LogP contribution in [0.25, 0.3) is 0 Å². The third-order valence-electron chi connectivity index (χ3n) is 4.25. The SMILES string of the molecule is CCNC(=NCC(C)SC)N1CCc2cc(OC)c(OC)cc2C1. The van der Waals surface area contributed by atoms with Gasteiger partial charge in [-0.1, -0.05) is 6.92 Å². The Morgan fingerprint density at radius 1 is 1.29 bits per heavy atom. The highest BCUT2D eigenvalue weighted by molar-refractivity contribution is 7.99. The monoisotopic (exact) mass is 351 g/mol. The van der Waals surface area contributed by atoms with Crippen LogP contribution in [0.3, 0.4) is 0 Å². The molecule has 6 heteroatoms. The Morgan fingerprint density at radius 3 is 2.54 bits per heavy atom. The van der Waals surface area contributed by atoms with Gasteiger partial charge in [-0.25, -0.2) is 0 Å². The van der Waals surface area contributed by atoms with E-state index in [2.05, 4.69) is 42.5 Å². The van der Waals surface area contributed by atoms with Gasteiger partial charge < -0.3 is 19.7 Å². The number of aliphatic imine (C=N–C) groups is 1. The number of thioether (sulfide) groups is 1. The van der Waals surface area contributed by atoms with Crippen LogP contribution < -0.4 is 14.8 Å². The van der Waals surface area contributed by atoms with Crippen LogP contribution in [-0.4, -0.2) is 56.2 Å². The van der Waals surface area contributed by atoms with Gasteiger partial charge in [0.15, 0.2) is 17.5 Å². The van der Waals surface area contributed by atoms with Gasteiger partial charge >= 0.3 is 0 Å². The number of hydrogen-bond donors (Lipinski definition) is 1. The van der Waals surface area contributed by atoms with Crippen molar-refractivity contribution in [2.24, 2.45) is 4.99 Å². The van der Waals surface area contributed by atoms with E-state index >= 15 is 0 Å². The molecule has 2 rings (SSSR count). The second-order valence-electron chi connectivity index (χ2n) is 5.89. The molecule has 0 aromatic heterocycles. The molecule has 1 N–H and O–H groups in total. The van der Waals surface area contributed by atoms with Crippen LogP contribution in [0.15, 0.2) is 17.1 Å². The zero-order chi connectivity index (χ0) is 17.5. The minimum Gasteiger partial charge on any atom is -0.493 e. The molecule has 1 heterocycles. The lowest BCUT2D eigenvalue weighted by molar-refractivity contribution is 0.346. The summed E-state index contributed by atoms with van der Waals surface area (Å²) in [7, 11) is 3.36. The van der Waals surface area contributed by atoms with E-state index in [4.69, 9.17) is 14.5 Å². The molecule has 0 fully saturated rings. The first-order valence-electron chi connectivity index (χ1n) is 8.42. The summed E-state index contributed by atoms with van der Waals surface area (Å²) in [4.78, 5) is 7.14. The molecule has 24 heavy (non-hydrogen) atoms. The van der Waals surface area contributed by atoms with Gasteiger partial charge in [0.25, 0.3) is 0 Å². The van der Waals surface area contributed by atoms with E-state index in [0.717, 1.165) is 50.1 Å². The molecule has 1 aliphatic heterocycles. The standard InChI is InChI=1S/C18H29N3O2S/c1-6-19-18(20-11-13(2)24-5)21-8-7-14-9-16(22-3)17(23-4)10-15(14)12-21/h9-10,13H,6-8,11-12H2,1-5H3,(H,19,20). The van der Waals surface area contributed by atoms with Gasteiger partial charge in [0.2, 0.25) is 0 Å². The highest BCUT2D eigenvalue weighted by Crippen LogP contribution is 2.33. The molecule has 5 nitrogen and oxygen atoms in total. The van der Waals surface area contributed by atoms with E-state index in [-0.39, 0.29) is 0 Å². The van der Waals surface area contributed by atoms with Crippen LogP contribution in [0.5, 0.6) is 11.5 Å². The van der Waals surface area contributed by atoms with Crippen LogP contribution >= 0.6 is 11.8 Å². The highest BCUT2D eigenvalue weighted by atomic mass is 32.2. The van der Waals surface area contributed by atoms with Crippen molar-refractivity contribution in [2.75, 3.05) is 40.1 Å². The fourth-order valence-electron chi connectivity index (χ4n) is 2.78. The van der Waals surface area contributed by atoms with Crippen molar-refractivity contribution in [3.63, 3.8) is 0 Å². The highest BCUT2D eigenvalue weighted by Gasteiger charge is 2.21. The average Bonchev–Trinajstić information content (AvgIpc) is 2.62. The third-order valence-corrected chi connectivity index (χ3v) is 5.21. The lowest BCUT2D eigenvalue weighted by atomic mass is 9.99. The maximum absolute atomic E-state index is 5.45. The molecule has 1 atom stereocenters. The van der Waals surface area contributed by atoms with Crippen molar-refractivity contribution >= 4 is 17.7 Å². The van der Waals surface area contributed by atoms with Crippen molar-refractivity contribution in [3.05, 3.63) is 23.3 Å². The second-order valence-corrected chi connectivity index (χ2v) is 7.16. The van der Waals surface area contributed by atoms with Crippen molar-refractivity contribution in [2.45, 2.75) is 32.1 Å². The predicted molar refractivity (Wildman–Crippen MR) is 103 cm³/mol. The number of hydrogen-bond acceptors (Lipinski definition) is 4. The third kappa shape index (κ3) is 4.50. The first kappa shape index (κ1) is 18.8. The lowest BCUT2D eigenvalue weighted by Crippen LogP contribution is -2.44. The number of ether oxygens (including phenoxy) is 2. The summed E-state index contributed by atoms with van der Waals surface area (Å²) in [6, 6.07) is 4.19. The Balaban J connectivity index is 2.19. The molecule has 1 aliphatic rings. The smallest absolute Gasteiger partial charge is 0.194 e. The summed E-state index contributed by atoms with van der Waals surface area (Å²) >= 11 is 1.85. The Kier molecular flexibility index (Phi) is 7.09. The zero-order valence-corrected chi connectivity index (χ0v) is 16.2. The molecule has 0 bridgehead atoms. The quantitative estimate of drug-likeness (QED) is 0.631. The molecule has 0 aliphatic carbocycles. The van der Waals surface area contributed by atoms with Crippen molar-refractivity contribution < 1.29 is 9.47 Å². The number of nitrogens with one attached hydrogen (secondary N) is 1. The van der Waals surface area contributed by atoms with Gasteiger partial charge in [0.05, 0.1) is 20.8 Å². The van der Waals surface area contributed by atoms with Crippen LogP contribution in [0.4, 0.5) is 0 Å². The molecule has 0 spiro atoms. The summed E-state index contributed by atoms with van der Waals surface area (Å²) < 4.78 is 10.9. The van der Waals surface area contributed by atoms with Gasteiger partial charge in [0.1, 0.15) is 0 Å². The Labute approximate surface area is 149 Å². The largest absolute Gasteiger partial charge is 0.493 e. The molecular formula is C18H29N3O2S. The zero-order valence-electron chi connectivity index (χ0n) is 15.4. The molecule has 134 valence electrons. The number of nitrogens with zero attached hydrogens (tertiary/aromatic N) is 2. The van der Waals surface area contributed by atoms with Gasteiger partial charge in [-0.05, 0) is 42.9 Å². The van der Waals surface area contributed by atoms with E-state index in [9.17, 15) is 0 Å². The maximum Gasteiger partial charge on any atom is 0.194 e. The molecule has 0 radical (unpaired) electrons. The molecular weight excluding hydrogens is 322 g/mol. The number of rotatable bonds is 6. The second kappa shape index (κ2) is 9.06. The first-order valence-corrected chi connectivity index (χ1v) is 9.71. The number of benzene rings is 1. The Bertz CT molecular complexity index is 578. The maximum atomic E-state index is 5.45. The van der Waals surface area contributed by atoms with Crippen LogP contribution in [0.2, 0.25) is 0 Å². The van der Waals surface area contributed by atoms with E-state index in [1.54, 1.807) is 14.2 Å². The molecule has 1 aromatic rings. The van der Waals surface area contributed by atoms with E-state index in [1.807, 2.05) is 11.8 Å². The Morgan fingerprint density at radius 2 is 1.96 bits per heavy atom. The summed E-state index contributed by atoms with van der Waals surface area (Å²) in [6.07, 6.45) is 3.11. The molecule has 0 saturated carbocycles. The summed E-state index contributed by atoms with van der Waals surface area (Å²) in [5.74, 6) is 2.59. The van der Waals surface area contributed by atoms with Crippen molar-refractivity contribution in [1.29, 1.82) is 0 Å². The van der Waals surface area contributed by atoms with Gasteiger partial charge in [0, 0.05) is 24.9 Å². The number of guanidine groups is 1. The molecule has 1 aromatic carbocycles. The topological polar surface area (TPSA) is 46.1 Å². The number of methoxy groups -OCH3 is 2. The minimum absolute atomic E-state index is 0.528. The Hall–Kier alpha value is -1.56. The van der Waals surface area contributed by atoms with Crippen LogP contribution in [0, 0.1) is 0 Å². The fourth-order valence-corrected chi connectivity index (χ4v) is 3.00. The van der Waals surface area contributed by atoms with Crippen molar-refractivity contribution in [3.8, 4) is 11.5 Å². The first-order chi connectivity index (χ1) is 11.6. The number of fused-ring (bicyclic) bond motifs is 1. The normalized spacial score (nSPS) is 15.7. The van der Waals surface area contributed by atoms with Crippen LogP contribution in [-0.2, 0) is 13.0 Å². The van der Waals surface area contributed by atoms with E-state index in [1.165, 1.54) is 11.1 Å². The summed E-state index contributed by atoms with van der Waals surface area (Å²) in [5, 5.41) is 3.95. The molecule has 0 amide bonds. The van der Waals surface area contributed by atoms with E-state index in [0.29, 0.717) is 5.25 Å². The summed E-state index contributed by atoms with van der Waals surface area (Å²) in [5.41, 5.74) is 2.61. The average molecular weight is 352 g/mol. The van der Waals surface area contributed by atoms with Gasteiger partial charge in [-0.15, -0.1) is 0 Å².